The summed E-state index contributed by atoms with van der Waals surface area (Å²) in [5.41, 5.74) is 2.95. The largest absolute Gasteiger partial charge is 0.371 e. The van der Waals surface area contributed by atoms with Crippen LogP contribution in [0.3, 0.4) is 0 Å². The number of rotatable bonds is 5. The maximum Gasteiger partial charge on any atom is 0.323 e. The fourth-order valence-corrected chi connectivity index (χ4v) is 3.62. The van der Waals surface area contributed by atoms with Crippen LogP contribution in [0, 0.1) is 17.2 Å². The molecule has 1 heterocycles. The zero-order chi connectivity index (χ0) is 22.4. The molecule has 31 heavy (non-hydrogen) atoms. The molecule has 3 rings (SSSR count). The monoisotopic (exact) mass is 419 g/mol. The first-order valence-electron chi connectivity index (χ1n) is 10.6. The van der Waals surface area contributed by atoms with Crippen LogP contribution in [0.5, 0.6) is 0 Å². The lowest BCUT2D eigenvalue weighted by Gasteiger charge is -2.33. The Hall–Kier alpha value is -3.53. The number of urea groups is 1. The van der Waals surface area contributed by atoms with Gasteiger partial charge in [-0.15, -0.1) is 0 Å². The van der Waals surface area contributed by atoms with E-state index in [0.717, 1.165) is 31.6 Å². The predicted octanol–water partition coefficient (Wildman–Crippen LogP) is 4.58. The Balaban J connectivity index is 1.79. The smallest absolute Gasteiger partial charge is 0.323 e. The number of nitriles is 1. The molecule has 0 aromatic heterocycles. The van der Waals surface area contributed by atoms with Gasteiger partial charge in [0.2, 0.25) is 0 Å². The SMILES string of the molecule is CC1CCN(c2ccc(NC(=O)Nc3cccc(C#N)c3)cc2C(=O)NC(C)C)CC1. The van der Waals surface area contributed by atoms with Crippen molar-refractivity contribution >= 4 is 29.0 Å². The lowest BCUT2D eigenvalue weighted by atomic mass is 9.97. The van der Waals surface area contributed by atoms with Crippen LogP contribution in [0.25, 0.3) is 0 Å². The first kappa shape index (κ1) is 22.2. The maximum absolute atomic E-state index is 12.9. The van der Waals surface area contributed by atoms with Crippen LogP contribution in [0.4, 0.5) is 21.9 Å². The van der Waals surface area contributed by atoms with Crippen LogP contribution >= 0.6 is 0 Å². The molecule has 1 saturated heterocycles. The van der Waals surface area contributed by atoms with Gasteiger partial charge in [0.05, 0.1) is 17.2 Å². The summed E-state index contributed by atoms with van der Waals surface area (Å²) in [6.07, 6.45) is 2.19. The van der Waals surface area contributed by atoms with Crippen molar-refractivity contribution in [2.45, 2.75) is 39.7 Å². The number of benzene rings is 2. The number of carbonyl (C=O) groups excluding carboxylic acids is 2. The van der Waals surface area contributed by atoms with E-state index in [9.17, 15) is 9.59 Å². The molecule has 0 saturated carbocycles. The molecule has 7 heteroatoms. The minimum Gasteiger partial charge on any atom is -0.371 e. The van der Waals surface area contributed by atoms with Crippen LogP contribution in [0.2, 0.25) is 0 Å². The number of hydrogen-bond acceptors (Lipinski definition) is 4. The number of hydrogen-bond donors (Lipinski definition) is 3. The average Bonchev–Trinajstić information content (AvgIpc) is 2.74. The van der Waals surface area contributed by atoms with Crippen LogP contribution in [0.15, 0.2) is 42.5 Å². The molecular weight excluding hydrogens is 390 g/mol. The quantitative estimate of drug-likeness (QED) is 0.661. The topological polar surface area (TPSA) is 97.3 Å². The average molecular weight is 420 g/mol. The third kappa shape index (κ3) is 5.98. The molecule has 7 nitrogen and oxygen atoms in total. The summed E-state index contributed by atoms with van der Waals surface area (Å²) in [4.78, 5) is 27.6. The van der Waals surface area contributed by atoms with Crippen molar-refractivity contribution in [2.24, 2.45) is 5.92 Å². The van der Waals surface area contributed by atoms with E-state index in [1.54, 1.807) is 30.3 Å². The van der Waals surface area contributed by atoms with Gasteiger partial charge in [-0.25, -0.2) is 4.79 Å². The van der Waals surface area contributed by atoms with E-state index in [4.69, 9.17) is 5.26 Å². The molecule has 1 aliphatic heterocycles. The number of carbonyl (C=O) groups is 2. The zero-order valence-electron chi connectivity index (χ0n) is 18.2. The van der Waals surface area contributed by atoms with Gasteiger partial charge in [-0.1, -0.05) is 13.0 Å². The highest BCUT2D eigenvalue weighted by molar-refractivity contribution is 6.04. The van der Waals surface area contributed by atoms with E-state index in [-0.39, 0.29) is 11.9 Å². The fraction of sp³-hybridized carbons (Fsp3) is 0.375. The van der Waals surface area contributed by atoms with Crippen LogP contribution in [-0.2, 0) is 0 Å². The molecule has 2 aromatic carbocycles. The number of anilines is 3. The van der Waals surface area contributed by atoms with Gasteiger partial charge in [-0.05, 0) is 69.0 Å². The van der Waals surface area contributed by atoms with E-state index in [1.807, 2.05) is 32.0 Å². The van der Waals surface area contributed by atoms with Gasteiger partial charge in [0, 0.05) is 36.2 Å². The summed E-state index contributed by atoms with van der Waals surface area (Å²) in [5.74, 6) is 0.530. The molecule has 0 aliphatic carbocycles. The van der Waals surface area contributed by atoms with Crippen molar-refractivity contribution in [3.63, 3.8) is 0 Å². The Morgan fingerprint density at radius 3 is 2.39 bits per heavy atom. The molecular formula is C24H29N5O2. The van der Waals surface area contributed by atoms with Crippen molar-refractivity contribution in [1.82, 2.24) is 5.32 Å². The molecule has 0 radical (unpaired) electrons. The first-order valence-corrected chi connectivity index (χ1v) is 10.6. The van der Waals surface area contributed by atoms with Crippen molar-refractivity contribution in [1.29, 1.82) is 5.26 Å². The highest BCUT2D eigenvalue weighted by Gasteiger charge is 2.22. The van der Waals surface area contributed by atoms with E-state index < -0.39 is 6.03 Å². The lowest BCUT2D eigenvalue weighted by molar-refractivity contribution is 0.0943. The summed E-state index contributed by atoms with van der Waals surface area (Å²) in [7, 11) is 0. The van der Waals surface area contributed by atoms with Crippen molar-refractivity contribution in [3.8, 4) is 6.07 Å². The minimum absolute atomic E-state index is 0.00838. The zero-order valence-corrected chi connectivity index (χ0v) is 18.2. The number of amides is 3. The predicted molar refractivity (Wildman–Crippen MR) is 123 cm³/mol. The van der Waals surface area contributed by atoms with Crippen molar-refractivity contribution in [2.75, 3.05) is 28.6 Å². The lowest BCUT2D eigenvalue weighted by Crippen LogP contribution is -2.36. The summed E-state index contributed by atoms with van der Waals surface area (Å²) < 4.78 is 0. The van der Waals surface area contributed by atoms with Crippen molar-refractivity contribution < 1.29 is 9.59 Å². The Morgan fingerprint density at radius 2 is 1.74 bits per heavy atom. The molecule has 3 amide bonds. The molecule has 0 spiro atoms. The number of piperidine rings is 1. The van der Waals surface area contributed by atoms with E-state index in [0.29, 0.717) is 28.4 Å². The van der Waals surface area contributed by atoms with Gasteiger partial charge >= 0.3 is 6.03 Å². The molecule has 0 unspecified atom stereocenters. The Bertz CT molecular complexity index is 988. The van der Waals surface area contributed by atoms with Gasteiger partial charge in [0.25, 0.3) is 5.91 Å². The van der Waals surface area contributed by atoms with Gasteiger partial charge in [-0.3, -0.25) is 4.79 Å². The van der Waals surface area contributed by atoms with Crippen LogP contribution in [-0.4, -0.2) is 31.1 Å². The normalized spacial score (nSPS) is 14.1. The van der Waals surface area contributed by atoms with E-state index in [2.05, 4.69) is 27.8 Å². The summed E-state index contributed by atoms with van der Waals surface area (Å²) in [5, 5.41) is 17.5. The van der Waals surface area contributed by atoms with Gasteiger partial charge in [0.1, 0.15) is 0 Å². The summed E-state index contributed by atoms with van der Waals surface area (Å²) in [6, 6.07) is 13.7. The molecule has 3 N–H and O–H groups in total. The molecule has 2 aromatic rings. The van der Waals surface area contributed by atoms with Gasteiger partial charge in [-0.2, -0.15) is 5.26 Å². The van der Waals surface area contributed by atoms with Crippen LogP contribution < -0.4 is 20.9 Å². The van der Waals surface area contributed by atoms with Gasteiger partial charge in [0.15, 0.2) is 0 Å². The minimum atomic E-state index is -0.440. The number of nitrogens with one attached hydrogen (secondary N) is 3. The molecule has 162 valence electrons. The third-order valence-electron chi connectivity index (χ3n) is 5.29. The molecule has 0 atom stereocenters. The highest BCUT2D eigenvalue weighted by Crippen LogP contribution is 2.29. The molecule has 1 aliphatic rings. The molecule has 0 bridgehead atoms. The standard InChI is InChI=1S/C24H29N5O2/c1-16(2)26-23(30)21-14-20(7-8-22(21)29-11-9-17(3)10-12-29)28-24(31)27-19-6-4-5-18(13-19)15-25/h4-8,13-14,16-17H,9-12H2,1-3H3,(H,26,30)(H2,27,28,31). The van der Waals surface area contributed by atoms with Crippen LogP contribution in [0.1, 0.15) is 49.5 Å². The number of nitrogens with zero attached hydrogens (tertiary/aromatic N) is 2. The Morgan fingerprint density at radius 1 is 1.06 bits per heavy atom. The van der Waals surface area contributed by atoms with Gasteiger partial charge < -0.3 is 20.9 Å². The maximum atomic E-state index is 12.9. The summed E-state index contributed by atoms with van der Waals surface area (Å²) in [6.45, 7) is 7.91. The molecule has 1 fully saturated rings. The Labute approximate surface area is 183 Å². The second-order valence-electron chi connectivity index (χ2n) is 8.30. The second kappa shape index (κ2) is 9.98. The van der Waals surface area contributed by atoms with Crippen molar-refractivity contribution in [3.05, 3.63) is 53.6 Å². The summed E-state index contributed by atoms with van der Waals surface area (Å²) >= 11 is 0. The highest BCUT2D eigenvalue weighted by atomic mass is 16.2. The second-order valence-corrected chi connectivity index (χ2v) is 8.30. The fourth-order valence-electron chi connectivity index (χ4n) is 3.62. The van der Waals surface area contributed by atoms with E-state index >= 15 is 0 Å². The first-order chi connectivity index (χ1) is 14.9. The third-order valence-corrected chi connectivity index (χ3v) is 5.29. The Kier molecular flexibility index (Phi) is 7.14. The van der Waals surface area contributed by atoms with E-state index in [1.165, 1.54) is 0 Å².